The van der Waals surface area contributed by atoms with Gasteiger partial charge in [-0.2, -0.15) is 0 Å². The Kier molecular flexibility index (Phi) is 4.86. The number of benzene rings is 2. The first-order valence-corrected chi connectivity index (χ1v) is 9.35. The summed E-state index contributed by atoms with van der Waals surface area (Å²) in [5.74, 6) is -3.58. The molecule has 1 amide bonds. The standard InChI is InChI=1S/C23H19F3N2O/c1-14-10-15-8-9-23(25,26)12-17(15)11-19(14)16-6-7-21(27-13-16)28-22(29)18-4-2-3-5-20(18)24/h2-7,10-11,13H,8-9,12H2,1H3,(H,27,28,29). The molecule has 0 bridgehead atoms. The van der Waals surface area contributed by atoms with Gasteiger partial charge in [0.25, 0.3) is 11.8 Å². The average Bonchev–Trinajstić information content (AvgIpc) is 2.68. The molecule has 1 aliphatic carbocycles. The molecule has 148 valence electrons. The summed E-state index contributed by atoms with van der Waals surface area (Å²) in [6, 6.07) is 12.9. The van der Waals surface area contributed by atoms with Crippen LogP contribution in [0.4, 0.5) is 19.0 Å². The Hall–Kier alpha value is -3.15. The summed E-state index contributed by atoms with van der Waals surface area (Å²) < 4.78 is 41.3. The normalized spacial score (nSPS) is 14.9. The fourth-order valence-corrected chi connectivity index (χ4v) is 3.66. The van der Waals surface area contributed by atoms with Crippen LogP contribution in [-0.2, 0) is 12.8 Å². The summed E-state index contributed by atoms with van der Waals surface area (Å²) in [5, 5.41) is 2.56. The number of hydrogen-bond acceptors (Lipinski definition) is 2. The van der Waals surface area contributed by atoms with E-state index in [0.29, 0.717) is 12.0 Å². The van der Waals surface area contributed by atoms with Crippen molar-refractivity contribution in [2.24, 2.45) is 0 Å². The zero-order valence-corrected chi connectivity index (χ0v) is 15.8. The lowest BCUT2D eigenvalue weighted by molar-refractivity contribution is -0.0122. The smallest absolute Gasteiger partial charge is 0.259 e. The number of hydrogen-bond donors (Lipinski definition) is 1. The molecule has 0 atom stereocenters. The number of amides is 1. The molecule has 0 spiro atoms. The monoisotopic (exact) mass is 396 g/mol. The minimum Gasteiger partial charge on any atom is -0.306 e. The molecule has 0 fully saturated rings. The molecule has 4 rings (SSSR count). The summed E-state index contributed by atoms with van der Waals surface area (Å²) in [5.41, 5.74) is 4.16. The Balaban J connectivity index is 1.57. The van der Waals surface area contributed by atoms with E-state index < -0.39 is 17.6 Å². The molecule has 1 heterocycles. The number of carbonyl (C=O) groups excluding carboxylic acids is 1. The summed E-state index contributed by atoms with van der Waals surface area (Å²) in [7, 11) is 0. The minimum absolute atomic E-state index is 0.0650. The maximum absolute atomic E-state index is 13.8. The zero-order valence-electron chi connectivity index (χ0n) is 15.8. The van der Waals surface area contributed by atoms with Crippen LogP contribution in [0.2, 0.25) is 0 Å². The molecule has 0 radical (unpaired) electrons. The minimum atomic E-state index is -2.67. The van der Waals surface area contributed by atoms with Gasteiger partial charge in [0.2, 0.25) is 0 Å². The van der Waals surface area contributed by atoms with Gasteiger partial charge < -0.3 is 5.32 Å². The van der Waals surface area contributed by atoms with Crippen molar-refractivity contribution in [1.29, 1.82) is 0 Å². The molecule has 0 aliphatic heterocycles. The fourth-order valence-electron chi connectivity index (χ4n) is 3.66. The fraction of sp³-hybridized carbons (Fsp3) is 0.217. The van der Waals surface area contributed by atoms with Gasteiger partial charge in [-0.25, -0.2) is 18.2 Å². The number of nitrogens with zero attached hydrogens (tertiary/aromatic N) is 1. The molecule has 1 aromatic heterocycles. The quantitative estimate of drug-likeness (QED) is 0.629. The predicted molar refractivity (Wildman–Crippen MR) is 106 cm³/mol. The molecule has 0 saturated heterocycles. The first kappa shape index (κ1) is 19.2. The number of halogens is 3. The largest absolute Gasteiger partial charge is 0.306 e. The molecular formula is C23H19F3N2O. The molecule has 1 aliphatic rings. The summed E-state index contributed by atoms with van der Waals surface area (Å²) in [6.07, 6.45) is 1.59. The van der Waals surface area contributed by atoms with E-state index in [1.54, 1.807) is 24.4 Å². The van der Waals surface area contributed by atoms with E-state index in [-0.39, 0.29) is 24.2 Å². The number of rotatable bonds is 3. The van der Waals surface area contributed by atoms with E-state index in [9.17, 15) is 18.0 Å². The maximum Gasteiger partial charge on any atom is 0.259 e. The van der Waals surface area contributed by atoms with Gasteiger partial charge in [-0.05, 0) is 59.9 Å². The third-order valence-electron chi connectivity index (χ3n) is 5.19. The maximum atomic E-state index is 13.8. The molecule has 3 aromatic rings. The molecule has 0 unspecified atom stereocenters. The molecular weight excluding hydrogens is 377 g/mol. The van der Waals surface area contributed by atoms with Gasteiger partial charge in [0.1, 0.15) is 11.6 Å². The summed E-state index contributed by atoms with van der Waals surface area (Å²) in [6.45, 7) is 1.94. The number of carbonyl (C=O) groups is 1. The van der Waals surface area contributed by atoms with Crippen molar-refractivity contribution >= 4 is 11.7 Å². The summed E-state index contributed by atoms with van der Waals surface area (Å²) >= 11 is 0. The van der Waals surface area contributed by atoms with E-state index >= 15 is 0 Å². The van der Waals surface area contributed by atoms with Gasteiger partial charge in [-0.3, -0.25) is 4.79 Å². The van der Waals surface area contributed by atoms with Crippen molar-refractivity contribution in [2.75, 3.05) is 5.32 Å². The highest BCUT2D eigenvalue weighted by Crippen LogP contribution is 2.36. The lowest BCUT2D eigenvalue weighted by atomic mass is 9.85. The number of aryl methyl sites for hydroxylation is 2. The lowest BCUT2D eigenvalue weighted by Crippen LogP contribution is -2.26. The Morgan fingerprint density at radius 1 is 1.10 bits per heavy atom. The lowest BCUT2D eigenvalue weighted by Gasteiger charge is -2.25. The second-order valence-corrected chi connectivity index (χ2v) is 7.33. The van der Waals surface area contributed by atoms with Crippen LogP contribution in [0.1, 0.15) is 33.5 Å². The molecule has 2 aromatic carbocycles. The number of alkyl halides is 2. The highest BCUT2D eigenvalue weighted by Gasteiger charge is 2.34. The van der Waals surface area contributed by atoms with E-state index in [2.05, 4.69) is 10.3 Å². The van der Waals surface area contributed by atoms with Crippen molar-refractivity contribution in [3.63, 3.8) is 0 Å². The molecule has 1 N–H and O–H groups in total. The highest BCUT2D eigenvalue weighted by atomic mass is 19.3. The number of anilines is 1. The van der Waals surface area contributed by atoms with Crippen molar-refractivity contribution < 1.29 is 18.0 Å². The van der Waals surface area contributed by atoms with Crippen LogP contribution >= 0.6 is 0 Å². The zero-order chi connectivity index (χ0) is 20.6. The number of fused-ring (bicyclic) bond motifs is 1. The highest BCUT2D eigenvalue weighted by molar-refractivity contribution is 6.04. The predicted octanol–water partition coefficient (Wildman–Crippen LogP) is 5.57. The van der Waals surface area contributed by atoms with Gasteiger partial charge in [-0.15, -0.1) is 0 Å². The van der Waals surface area contributed by atoms with Crippen LogP contribution in [0.5, 0.6) is 0 Å². The third-order valence-corrected chi connectivity index (χ3v) is 5.19. The van der Waals surface area contributed by atoms with Gasteiger partial charge in [0.15, 0.2) is 0 Å². The molecule has 6 heteroatoms. The van der Waals surface area contributed by atoms with Crippen LogP contribution in [-0.4, -0.2) is 16.8 Å². The second-order valence-electron chi connectivity index (χ2n) is 7.33. The van der Waals surface area contributed by atoms with E-state index in [1.807, 2.05) is 19.1 Å². The van der Waals surface area contributed by atoms with Crippen molar-refractivity contribution in [3.8, 4) is 11.1 Å². The Labute approximate surface area is 166 Å². The Bertz CT molecular complexity index is 1080. The molecule has 3 nitrogen and oxygen atoms in total. The topological polar surface area (TPSA) is 42.0 Å². The van der Waals surface area contributed by atoms with Crippen LogP contribution in [0.3, 0.4) is 0 Å². The van der Waals surface area contributed by atoms with Crippen LogP contribution in [0.25, 0.3) is 11.1 Å². The van der Waals surface area contributed by atoms with Crippen molar-refractivity contribution in [3.05, 3.63) is 82.8 Å². The van der Waals surface area contributed by atoms with Gasteiger partial charge >= 0.3 is 0 Å². The van der Waals surface area contributed by atoms with Crippen molar-refractivity contribution in [2.45, 2.75) is 32.1 Å². The van der Waals surface area contributed by atoms with Gasteiger partial charge in [0.05, 0.1) is 5.56 Å². The van der Waals surface area contributed by atoms with E-state index in [0.717, 1.165) is 22.3 Å². The average molecular weight is 396 g/mol. The Morgan fingerprint density at radius 2 is 1.90 bits per heavy atom. The van der Waals surface area contributed by atoms with Gasteiger partial charge in [-0.1, -0.05) is 24.3 Å². The number of aromatic nitrogens is 1. The SMILES string of the molecule is Cc1cc2c(cc1-c1ccc(NC(=O)c3ccccc3F)nc1)CC(F)(F)CC2. The third kappa shape index (κ3) is 4.01. The van der Waals surface area contributed by atoms with E-state index in [1.165, 1.54) is 18.2 Å². The van der Waals surface area contributed by atoms with Gasteiger partial charge in [0, 0.05) is 24.6 Å². The first-order valence-electron chi connectivity index (χ1n) is 9.35. The Morgan fingerprint density at radius 3 is 2.62 bits per heavy atom. The second kappa shape index (κ2) is 7.35. The van der Waals surface area contributed by atoms with Crippen molar-refractivity contribution in [1.82, 2.24) is 4.98 Å². The summed E-state index contributed by atoms with van der Waals surface area (Å²) in [4.78, 5) is 16.4. The van der Waals surface area contributed by atoms with E-state index in [4.69, 9.17) is 0 Å². The number of pyridine rings is 1. The molecule has 29 heavy (non-hydrogen) atoms. The molecule has 0 saturated carbocycles. The number of nitrogens with one attached hydrogen (secondary N) is 1. The van der Waals surface area contributed by atoms with Crippen LogP contribution in [0.15, 0.2) is 54.7 Å². The van der Waals surface area contributed by atoms with Crippen LogP contribution in [0, 0.1) is 12.7 Å². The first-order chi connectivity index (χ1) is 13.8. The van der Waals surface area contributed by atoms with Crippen LogP contribution < -0.4 is 5.32 Å².